The lowest BCUT2D eigenvalue weighted by Crippen LogP contribution is -2.33. The topological polar surface area (TPSA) is 88.9 Å². The normalized spacial score (nSPS) is 15.8. The van der Waals surface area contributed by atoms with Crippen LogP contribution < -0.4 is 10.6 Å². The molecule has 0 bridgehead atoms. The Morgan fingerprint density at radius 1 is 1.19 bits per heavy atom. The molecule has 2 N–H and O–H groups in total. The Kier molecular flexibility index (Phi) is 4.18. The summed E-state index contributed by atoms with van der Waals surface area (Å²) < 4.78 is 1.55. The van der Waals surface area contributed by atoms with Gasteiger partial charge in [-0.05, 0) is 23.8 Å². The van der Waals surface area contributed by atoms with Crippen molar-refractivity contribution in [2.75, 3.05) is 11.9 Å². The maximum Gasteiger partial charge on any atom is 0.253 e. The van der Waals surface area contributed by atoms with Gasteiger partial charge in [0.05, 0.1) is 23.6 Å². The van der Waals surface area contributed by atoms with Crippen molar-refractivity contribution in [3.63, 3.8) is 0 Å². The predicted molar refractivity (Wildman–Crippen MR) is 96.1 cm³/mol. The molecule has 1 aliphatic rings. The number of anilines is 1. The first-order valence-electron chi connectivity index (χ1n) is 8.35. The summed E-state index contributed by atoms with van der Waals surface area (Å²) in [6.07, 6.45) is 3.60. The summed E-state index contributed by atoms with van der Waals surface area (Å²) in [5.41, 5.74) is 3.01. The van der Waals surface area contributed by atoms with E-state index in [9.17, 15) is 9.59 Å². The molecule has 0 saturated carbocycles. The zero-order chi connectivity index (χ0) is 17.9. The van der Waals surface area contributed by atoms with Crippen LogP contribution in [0.15, 0.2) is 60.9 Å². The fourth-order valence-corrected chi connectivity index (χ4v) is 3.20. The number of amides is 2. The highest BCUT2D eigenvalue weighted by Gasteiger charge is 2.25. The van der Waals surface area contributed by atoms with Gasteiger partial charge in [-0.2, -0.15) is 0 Å². The average Bonchev–Trinajstić information content (AvgIpc) is 3.20. The predicted octanol–water partition coefficient (Wildman–Crippen LogP) is 2.12. The number of carbonyl (C=O) groups is 2. The maximum atomic E-state index is 12.7. The largest absolute Gasteiger partial charge is 0.351 e. The number of nitrogens with one attached hydrogen (secondary N) is 2. The monoisotopic (exact) mass is 347 g/mol. The van der Waals surface area contributed by atoms with E-state index in [1.54, 1.807) is 29.2 Å². The van der Waals surface area contributed by atoms with E-state index in [1.807, 2.05) is 36.4 Å². The molecule has 0 aliphatic carbocycles. The van der Waals surface area contributed by atoms with Gasteiger partial charge in [0.1, 0.15) is 0 Å². The van der Waals surface area contributed by atoms with Crippen molar-refractivity contribution in [3.05, 3.63) is 72.1 Å². The van der Waals surface area contributed by atoms with Crippen LogP contribution in [0.2, 0.25) is 0 Å². The summed E-state index contributed by atoms with van der Waals surface area (Å²) in [5, 5.41) is 13.6. The molecule has 4 rings (SSSR count). The molecule has 7 heteroatoms. The number of carbonyl (C=O) groups excluding carboxylic acids is 2. The Morgan fingerprint density at radius 3 is 2.85 bits per heavy atom. The van der Waals surface area contributed by atoms with Crippen LogP contribution in [0, 0.1) is 0 Å². The van der Waals surface area contributed by atoms with Crippen LogP contribution in [0.25, 0.3) is 5.69 Å². The van der Waals surface area contributed by atoms with Gasteiger partial charge in [0.2, 0.25) is 5.91 Å². The van der Waals surface area contributed by atoms with Crippen molar-refractivity contribution in [2.24, 2.45) is 0 Å². The minimum absolute atomic E-state index is 0.0361. The van der Waals surface area contributed by atoms with Crippen molar-refractivity contribution in [2.45, 2.75) is 12.3 Å². The smallest absolute Gasteiger partial charge is 0.253 e. The Hall–Kier alpha value is -3.48. The van der Waals surface area contributed by atoms with E-state index in [1.165, 1.54) is 0 Å². The zero-order valence-electron chi connectivity index (χ0n) is 13.9. The van der Waals surface area contributed by atoms with Crippen molar-refractivity contribution in [1.82, 2.24) is 20.3 Å². The lowest BCUT2D eigenvalue weighted by Gasteiger charge is -2.25. The molecule has 2 amide bonds. The molecule has 26 heavy (non-hydrogen) atoms. The van der Waals surface area contributed by atoms with E-state index in [2.05, 4.69) is 20.9 Å². The molecule has 1 atom stereocenters. The molecular weight excluding hydrogens is 330 g/mol. The number of hydrogen-bond donors (Lipinski definition) is 2. The van der Waals surface area contributed by atoms with E-state index in [4.69, 9.17) is 0 Å². The van der Waals surface area contributed by atoms with Gasteiger partial charge in [0.15, 0.2) is 0 Å². The van der Waals surface area contributed by atoms with Crippen LogP contribution in [0.1, 0.15) is 28.3 Å². The standard InChI is InChI=1S/C19H17N5O2/c25-18-11-13(14-5-1-3-7-16(14)22-18)12-20-19(26)15-6-2-4-8-17(15)24-10-9-21-23-24/h1-10,13H,11-12H2,(H,20,26)(H,22,25)/t13-/m0/s1. The molecule has 2 heterocycles. The minimum atomic E-state index is -0.209. The first-order chi connectivity index (χ1) is 12.7. The lowest BCUT2D eigenvalue weighted by atomic mass is 9.90. The molecule has 0 saturated heterocycles. The van der Waals surface area contributed by atoms with Gasteiger partial charge in [-0.1, -0.05) is 35.5 Å². The summed E-state index contributed by atoms with van der Waals surface area (Å²) in [7, 11) is 0. The number of fused-ring (bicyclic) bond motifs is 1. The third-order valence-corrected chi connectivity index (χ3v) is 4.43. The quantitative estimate of drug-likeness (QED) is 0.757. The summed E-state index contributed by atoms with van der Waals surface area (Å²) in [6, 6.07) is 14.9. The Morgan fingerprint density at radius 2 is 2.00 bits per heavy atom. The number of hydrogen-bond acceptors (Lipinski definition) is 4. The average molecular weight is 347 g/mol. The van der Waals surface area contributed by atoms with Gasteiger partial charge in [-0.25, -0.2) is 4.68 Å². The van der Waals surface area contributed by atoms with Gasteiger partial charge < -0.3 is 10.6 Å². The van der Waals surface area contributed by atoms with Crippen LogP contribution in [0.4, 0.5) is 5.69 Å². The second-order valence-corrected chi connectivity index (χ2v) is 6.11. The van der Waals surface area contributed by atoms with E-state index in [0.717, 1.165) is 11.3 Å². The summed E-state index contributed by atoms with van der Waals surface area (Å²) in [5.74, 6) is -0.298. The van der Waals surface area contributed by atoms with E-state index in [0.29, 0.717) is 24.2 Å². The molecule has 0 radical (unpaired) electrons. The molecule has 0 spiro atoms. The van der Waals surface area contributed by atoms with Crippen LogP contribution >= 0.6 is 0 Å². The van der Waals surface area contributed by atoms with Crippen molar-refractivity contribution in [3.8, 4) is 5.69 Å². The van der Waals surface area contributed by atoms with Crippen molar-refractivity contribution >= 4 is 17.5 Å². The fraction of sp³-hybridized carbons (Fsp3) is 0.158. The highest BCUT2D eigenvalue weighted by molar-refractivity contribution is 5.98. The number of nitrogens with zero attached hydrogens (tertiary/aromatic N) is 3. The van der Waals surface area contributed by atoms with E-state index < -0.39 is 0 Å². The summed E-state index contributed by atoms with van der Waals surface area (Å²) in [6.45, 7) is 0.384. The molecule has 0 unspecified atom stereocenters. The van der Waals surface area contributed by atoms with Gasteiger partial charge in [-0.3, -0.25) is 9.59 Å². The molecule has 3 aromatic rings. The highest BCUT2D eigenvalue weighted by Crippen LogP contribution is 2.31. The van der Waals surface area contributed by atoms with E-state index >= 15 is 0 Å². The maximum absolute atomic E-state index is 12.7. The third kappa shape index (κ3) is 3.06. The highest BCUT2D eigenvalue weighted by atomic mass is 16.2. The second kappa shape index (κ2) is 6.79. The molecule has 7 nitrogen and oxygen atoms in total. The number of benzene rings is 2. The first-order valence-corrected chi connectivity index (χ1v) is 8.35. The summed E-state index contributed by atoms with van der Waals surface area (Å²) in [4.78, 5) is 24.6. The summed E-state index contributed by atoms with van der Waals surface area (Å²) >= 11 is 0. The minimum Gasteiger partial charge on any atom is -0.351 e. The van der Waals surface area contributed by atoms with Gasteiger partial charge in [0, 0.05) is 24.6 Å². The second-order valence-electron chi connectivity index (χ2n) is 6.11. The van der Waals surface area contributed by atoms with Crippen LogP contribution in [0.5, 0.6) is 0 Å². The number of para-hydroxylation sites is 2. The Balaban J connectivity index is 1.53. The van der Waals surface area contributed by atoms with Crippen LogP contribution in [-0.4, -0.2) is 33.4 Å². The van der Waals surface area contributed by atoms with Gasteiger partial charge >= 0.3 is 0 Å². The van der Waals surface area contributed by atoms with Gasteiger partial charge in [-0.15, -0.1) is 5.10 Å². The lowest BCUT2D eigenvalue weighted by molar-refractivity contribution is -0.116. The van der Waals surface area contributed by atoms with Crippen LogP contribution in [0.3, 0.4) is 0 Å². The molecular formula is C19H17N5O2. The zero-order valence-corrected chi connectivity index (χ0v) is 13.9. The number of rotatable bonds is 4. The molecule has 0 fully saturated rings. The van der Waals surface area contributed by atoms with Crippen molar-refractivity contribution < 1.29 is 9.59 Å². The van der Waals surface area contributed by atoms with Crippen molar-refractivity contribution in [1.29, 1.82) is 0 Å². The molecule has 1 aliphatic heterocycles. The van der Waals surface area contributed by atoms with Crippen LogP contribution in [-0.2, 0) is 4.79 Å². The van der Waals surface area contributed by atoms with E-state index in [-0.39, 0.29) is 17.7 Å². The first kappa shape index (κ1) is 16.0. The molecule has 2 aromatic carbocycles. The molecule has 130 valence electrons. The SMILES string of the molecule is O=C1C[C@@H](CNC(=O)c2ccccc2-n2ccnn2)c2ccccc2N1. The van der Waals surface area contributed by atoms with Gasteiger partial charge in [0.25, 0.3) is 5.91 Å². The number of aromatic nitrogens is 3. The third-order valence-electron chi connectivity index (χ3n) is 4.43. The molecule has 1 aromatic heterocycles. The Labute approximate surface area is 150 Å². The Bertz CT molecular complexity index is 952. The fourth-order valence-electron chi connectivity index (χ4n) is 3.20.